The van der Waals surface area contributed by atoms with Gasteiger partial charge in [0.25, 0.3) is 0 Å². The van der Waals surface area contributed by atoms with Gasteiger partial charge in [0.2, 0.25) is 11.8 Å². The number of likely N-dealkylation sites (N-methyl/N-ethyl adjacent to an activating group) is 1. The molecule has 1 aromatic carbocycles. The number of aromatic nitrogens is 1. The van der Waals surface area contributed by atoms with Gasteiger partial charge in [-0.05, 0) is 31.3 Å². The number of carbonyl (C=O) groups excluding carboxylic acids is 1. The van der Waals surface area contributed by atoms with E-state index >= 15 is 0 Å². The average Bonchev–Trinajstić information content (AvgIpc) is 2.97. The second-order valence-corrected chi connectivity index (χ2v) is 7.35. The van der Waals surface area contributed by atoms with Gasteiger partial charge in [0.1, 0.15) is 12.4 Å². The number of nitrogens with zero attached hydrogens (tertiary/aromatic N) is 2. The summed E-state index contributed by atoms with van der Waals surface area (Å²) in [5.41, 5.74) is 0.676. The van der Waals surface area contributed by atoms with Crippen LogP contribution in [0.3, 0.4) is 0 Å². The molecule has 0 radical (unpaired) electrons. The van der Waals surface area contributed by atoms with E-state index in [0.29, 0.717) is 24.1 Å². The Bertz CT molecular complexity index is 692. The van der Waals surface area contributed by atoms with Crippen molar-refractivity contribution >= 4 is 23.4 Å². The Kier molecular flexibility index (Phi) is 6.45. The van der Waals surface area contributed by atoms with Crippen molar-refractivity contribution in [2.24, 2.45) is 0 Å². The molecule has 2 rings (SSSR count). The molecule has 2 aromatic rings. The highest BCUT2D eigenvalue weighted by Crippen LogP contribution is 2.23. The molecular weight excluding hydrogens is 342 g/mol. The van der Waals surface area contributed by atoms with Crippen molar-refractivity contribution in [1.82, 2.24) is 10.1 Å². The van der Waals surface area contributed by atoms with Crippen LogP contribution in [0.15, 0.2) is 34.9 Å². The maximum absolute atomic E-state index is 12.1. The van der Waals surface area contributed by atoms with E-state index < -0.39 is 0 Å². The Labute approximate surface area is 153 Å². The number of rotatable bonds is 7. The number of carbonyl (C=O) groups is 1. The first-order valence-corrected chi connectivity index (χ1v) is 8.46. The molecule has 0 unspecified atom stereocenters. The number of anilines is 1. The van der Waals surface area contributed by atoms with Crippen LogP contribution < -0.4 is 10.1 Å². The van der Waals surface area contributed by atoms with Crippen LogP contribution in [-0.2, 0) is 10.2 Å². The lowest BCUT2D eigenvalue weighted by Gasteiger charge is -2.16. The number of hydrogen-bond acceptors (Lipinski definition) is 5. The second kappa shape index (κ2) is 8.36. The molecule has 1 heterocycles. The first-order valence-electron chi connectivity index (χ1n) is 8.08. The summed E-state index contributed by atoms with van der Waals surface area (Å²) in [5.74, 6) is 0.949. The van der Waals surface area contributed by atoms with Crippen molar-refractivity contribution in [3.05, 3.63) is 41.0 Å². The largest absolute Gasteiger partial charge is 0.492 e. The molecule has 0 aliphatic rings. The zero-order chi connectivity index (χ0) is 18.4. The third kappa shape index (κ3) is 6.40. The highest BCUT2D eigenvalue weighted by molar-refractivity contribution is 6.30. The Balaban J connectivity index is 1.72. The summed E-state index contributed by atoms with van der Waals surface area (Å²) in [5, 5.41) is 7.36. The molecule has 136 valence electrons. The van der Waals surface area contributed by atoms with E-state index in [-0.39, 0.29) is 17.9 Å². The van der Waals surface area contributed by atoms with Crippen LogP contribution in [0.2, 0.25) is 5.02 Å². The van der Waals surface area contributed by atoms with Gasteiger partial charge in [0.05, 0.1) is 12.2 Å². The Morgan fingerprint density at radius 2 is 2.00 bits per heavy atom. The fraction of sp³-hybridized carbons (Fsp3) is 0.444. The van der Waals surface area contributed by atoms with Crippen molar-refractivity contribution < 1.29 is 14.1 Å². The van der Waals surface area contributed by atoms with Gasteiger partial charge in [-0.3, -0.25) is 15.0 Å². The normalized spacial score (nSPS) is 11.6. The van der Waals surface area contributed by atoms with Gasteiger partial charge in [0.15, 0.2) is 0 Å². The van der Waals surface area contributed by atoms with Crippen LogP contribution in [0.4, 0.5) is 5.88 Å². The lowest BCUT2D eigenvalue weighted by atomic mass is 9.92. The van der Waals surface area contributed by atoms with Gasteiger partial charge in [-0.1, -0.05) is 37.5 Å². The molecule has 1 N–H and O–H groups in total. The van der Waals surface area contributed by atoms with E-state index in [4.69, 9.17) is 20.9 Å². The number of halogens is 1. The van der Waals surface area contributed by atoms with Crippen LogP contribution in [0.25, 0.3) is 0 Å². The predicted octanol–water partition coefficient (Wildman–Crippen LogP) is 3.57. The molecule has 0 bridgehead atoms. The maximum Gasteiger partial charge on any atom is 0.240 e. The molecule has 0 fully saturated rings. The Hall–Kier alpha value is -2.05. The molecule has 0 saturated heterocycles. The van der Waals surface area contributed by atoms with Gasteiger partial charge in [-0.15, -0.1) is 0 Å². The van der Waals surface area contributed by atoms with Crippen molar-refractivity contribution in [1.29, 1.82) is 0 Å². The van der Waals surface area contributed by atoms with Crippen molar-refractivity contribution in [2.75, 3.05) is 32.1 Å². The number of hydrogen-bond donors (Lipinski definition) is 1. The van der Waals surface area contributed by atoms with Crippen LogP contribution >= 0.6 is 11.6 Å². The van der Waals surface area contributed by atoms with Crippen LogP contribution in [0, 0.1) is 0 Å². The van der Waals surface area contributed by atoms with Gasteiger partial charge in [-0.2, -0.15) is 0 Å². The minimum absolute atomic E-state index is 0.123. The monoisotopic (exact) mass is 365 g/mol. The number of ether oxygens (including phenoxy) is 1. The minimum atomic E-state index is -0.161. The molecule has 0 saturated carbocycles. The highest BCUT2D eigenvalue weighted by atomic mass is 35.5. The van der Waals surface area contributed by atoms with Gasteiger partial charge < -0.3 is 9.26 Å². The SMILES string of the molecule is CN(CCOc1ccc(Cl)cc1)CC(=O)Nc1cc(C(C)(C)C)no1. The van der Waals surface area contributed by atoms with Crippen LogP contribution in [-0.4, -0.2) is 42.7 Å². The molecule has 25 heavy (non-hydrogen) atoms. The standard InChI is InChI=1S/C18H24ClN3O3/c1-18(2,3)15-11-17(25-21-15)20-16(23)12-22(4)9-10-24-14-7-5-13(19)6-8-14/h5-8,11H,9-10,12H2,1-4H3,(H,20,23). The smallest absolute Gasteiger partial charge is 0.240 e. The number of amides is 1. The summed E-state index contributed by atoms with van der Waals surface area (Å²) >= 11 is 5.83. The zero-order valence-electron chi connectivity index (χ0n) is 15.0. The Morgan fingerprint density at radius 3 is 2.60 bits per heavy atom. The van der Waals surface area contributed by atoms with E-state index in [1.807, 2.05) is 44.9 Å². The molecule has 7 heteroatoms. The van der Waals surface area contributed by atoms with E-state index in [1.54, 1.807) is 18.2 Å². The molecule has 0 atom stereocenters. The first-order chi connectivity index (χ1) is 11.7. The van der Waals surface area contributed by atoms with Gasteiger partial charge in [-0.25, -0.2) is 0 Å². The molecule has 1 aromatic heterocycles. The summed E-state index contributed by atoms with van der Waals surface area (Å²) in [4.78, 5) is 13.9. The van der Waals surface area contributed by atoms with E-state index in [9.17, 15) is 4.79 Å². The summed E-state index contributed by atoms with van der Waals surface area (Å²) < 4.78 is 10.8. The topological polar surface area (TPSA) is 67.6 Å². The molecule has 0 aliphatic carbocycles. The van der Waals surface area contributed by atoms with Crippen LogP contribution in [0.1, 0.15) is 26.5 Å². The summed E-state index contributed by atoms with van der Waals surface area (Å²) in [6.07, 6.45) is 0. The first kappa shape index (κ1) is 19.3. The highest BCUT2D eigenvalue weighted by Gasteiger charge is 2.19. The fourth-order valence-corrected chi connectivity index (χ4v) is 2.16. The van der Waals surface area contributed by atoms with Crippen molar-refractivity contribution in [3.8, 4) is 5.75 Å². The van der Waals surface area contributed by atoms with E-state index in [1.165, 1.54) is 0 Å². The fourth-order valence-electron chi connectivity index (χ4n) is 2.04. The van der Waals surface area contributed by atoms with Crippen molar-refractivity contribution in [3.63, 3.8) is 0 Å². The van der Waals surface area contributed by atoms with E-state index in [0.717, 1.165) is 11.4 Å². The quantitative estimate of drug-likeness (QED) is 0.812. The second-order valence-electron chi connectivity index (χ2n) is 6.91. The third-order valence-electron chi connectivity index (χ3n) is 3.51. The molecular formula is C18H24ClN3O3. The lowest BCUT2D eigenvalue weighted by Crippen LogP contribution is -2.33. The molecule has 1 amide bonds. The van der Waals surface area contributed by atoms with E-state index in [2.05, 4.69) is 10.5 Å². The molecule has 0 spiro atoms. The summed E-state index contributed by atoms with van der Waals surface area (Å²) in [7, 11) is 1.85. The van der Waals surface area contributed by atoms with Crippen LogP contribution in [0.5, 0.6) is 5.75 Å². The van der Waals surface area contributed by atoms with Gasteiger partial charge in [0, 0.05) is 23.0 Å². The van der Waals surface area contributed by atoms with Crippen molar-refractivity contribution in [2.45, 2.75) is 26.2 Å². The third-order valence-corrected chi connectivity index (χ3v) is 3.76. The summed E-state index contributed by atoms with van der Waals surface area (Å²) in [6.45, 7) is 7.41. The average molecular weight is 366 g/mol. The molecule has 6 nitrogen and oxygen atoms in total. The Morgan fingerprint density at radius 1 is 1.32 bits per heavy atom. The van der Waals surface area contributed by atoms with Gasteiger partial charge >= 0.3 is 0 Å². The zero-order valence-corrected chi connectivity index (χ0v) is 15.8. The molecule has 0 aliphatic heterocycles. The minimum Gasteiger partial charge on any atom is -0.492 e. The number of nitrogens with one attached hydrogen (secondary N) is 1. The summed E-state index contributed by atoms with van der Waals surface area (Å²) in [6, 6.07) is 8.92. The number of benzene rings is 1. The maximum atomic E-state index is 12.1. The lowest BCUT2D eigenvalue weighted by molar-refractivity contribution is -0.117. The predicted molar refractivity (Wildman–Crippen MR) is 98.3 cm³/mol.